The number of benzene rings is 2. The molecule has 1 aliphatic heterocycles. The van der Waals surface area contributed by atoms with Crippen LogP contribution in [0.15, 0.2) is 60.7 Å². The summed E-state index contributed by atoms with van der Waals surface area (Å²) in [6, 6.07) is 16.6. The average Bonchev–Trinajstić information content (AvgIpc) is 2.85. The maximum Gasteiger partial charge on any atom is 0.326 e. The molecule has 0 bridgehead atoms. The lowest BCUT2D eigenvalue weighted by atomic mass is 10.1. The highest BCUT2D eigenvalue weighted by molar-refractivity contribution is 6.01. The Morgan fingerprint density at radius 3 is 1.95 bits per heavy atom. The molecule has 1 saturated heterocycles. The van der Waals surface area contributed by atoms with E-state index in [0.29, 0.717) is 6.42 Å². The van der Waals surface area contributed by atoms with Gasteiger partial charge in [-0.3, -0.25) is 29.3 Å². The van der Waals surface area contributed by atoms with Gasteiger partial charge in [0.15, 0.2) is 0 Å². The maximum atomic E-state index is 11.7. The summed E-state index contributed by atoms with van der Waals surface area (Å²) in [5.74, 6) is -3.09. The summed E-state index contributed by atoms with van der Waals surface area (Å²) in [4.78, 5) is 67.4. The first-order valence-corrected chi connectivity index (χ1v) is 11.7. The largest absolute Gasteiger partial charge is 0.480 e. The van der Waals surface area contributed by atoms with Crippen molar-refractivity contribution in [3.63, 3.8) is 0 Å². The molecule has 2 aromatic rings. The van der Waals surface area contributed by atoms with Gasteiger partial charge in [0.05, 0.1) is 12.8 Å². The Morgan fingerprint density at radius 2 is 1.46 bits per heavy atom. The van der Waals surface area contributed by atoms with Gasteiger partial charge >= 0.3 is 5.97 Å². The molecule has 0 aliphatic carbocycles. The van der Waals surface area contributed by atoms with E-state index >= 15 is 0 Å². The van der Waals surface area contributed by atoms with Crippen molar-refractivity contribution in [3.8, 4) is 0 Å². The molecule has 0 aromatic heterocycles. The van der Waals surface area contributed by atoms with Crippen molar-refractivity contribution in [2.24, 2.45) is 5.73 Å². The van der Waals surface area contributed by atoms with Gasteiger partial charge in [-0.25, -0.2) is 4.79 Å². The smallest absolute Gasteiger partial charge is 0.326 e. The predicted molar refractivity (Wildman–Crippen MR) is 133 cm³/mol. The minimum Gasteiger partial charge on any atom is -0.480 e. The number of hydrogen-bond donors (Lipinski definition) is 5. The molecule has 6 N–H and O–H groups in total. The van der Waals surface area contributed by atoms with Crippen LogP contribution in [0.5, 0.6) is 0 Å². The molecular weight excluding hydrogens is 480 g/mol. The standard InChI is InChI=1S/C13H16N2O4.C13H14N2O3/c14-11(16)7-6-10(13(18)19)15-12(17)8-9-4-2-1-3-5-9;16-11-7-6-10(13(18)15-11)14-12(17)8-9-4-2-1-3-5-9/h1-5,10H,6-8H2,(H2,14,16)(H,15,17)(H,18,19);1-5,10H,6-8H2,(H,14,17)(H,15,16,18)/t10-;/m0./s1. The molecule has 0 saturated carbocycles. The van der Waals surface area contributed by atoms with Crippen molar-refractivity contribution >= 4 is 35.5 Å². The fourth-order valence-corrected chi connectivity index (χ4v) is 3.43. The second-order valence-corrected chi connectivity index (χ2v) is 8.36. The number of hydrogen-bond acceptors (Lipinski definition) is 6. The molecule has 0 spiro atoms. The molecule has 1 heterocycles. The number of carboxylic acid groups (broad SMARTS) is 1. The Morgan fingerprint density at radius 1 is 0.919 bits per heavy atom. The molecule has 37 heavy (non-hydrogen) atoms. The topological polar surface area (TPSA) is 185 Å². The van der Waals surface area contributed by atoms with Crippen molar-refractivity contribution in [3.05, 3.63) is 71.8 Å². The van der Waals surface area contributed by atoms with E-state index in [-0.39, 0.29) is 43.9 Å². The van der Waals surface area contributed by atoms with Gasteiger partial charge < -0.3 is 21.5 Å². The van der Waals surface area contributed by atoms with Crippen LogP contribution in [0.1, 0.15) is 36.8 Å². The third-order valence-electron chi connectivity index (χ3n) is 5.30. The first-order valence-electron chi connectivity index (χ1n) is 11.7. The predicted octanol–water partition coefficient (Wildman–Crippen LogP) is 0.215. The second-order valence-electron chi connectivity index (χ2n) is 8.36. The quantitative estimate of drug-likeness (QED) is 0.283. The highest BCUT2D eigenvalue weighted by Crippen LogP contribution is 2.06. The molecule has 3 rings (SSSR count). The van der Waals surface area contributed by atoms with E-state index in [1.807, 2.05) is 36.4 Å². The zero-order valence-corrected chi connectivity index (χ0v) is 20.1. The lowest BCUT2D eigenvalue weighted by Gasteiger charge is -2.21. The number of carboxylic acids is 1. The minimum atomic E-state index is -1.18. The molecule has 2 atom stereocenters. The molecule has 0 radical (unpaired) electrons. The van der Waals surface area contributed by atoms with Crippen molar-refractivity contribution < 1.29 is 33.9 Å². The first-order chi connectivity index (χ1) is 17.6. The zero-order valence-electron chi connectivity index (χ0n) is 20.1. The molecule has 11 nitrogen and oxygen atoms in total. The Balaban J connectivity index is 0.000000260. The fraction of sp³-hybridized carbons (Fsp3) is 0.308. The number of carbonyl (C=O) groups is 6. The number of carbonyl (C=O) groups excluding carboxylic acids is 5. The van der Waals surface area contributed by atoms with Gasteiger partial charge in [-0.05, 0) is 24.0 Å². The number of primary amides is 1. The number of amides is 5. The molecule has 5 amide bonds. The van der Waals surface area contributed by atoms with Gasteiger partial charge in [-0.2, -0.15) is 0 Å². The summed E-state index contributed by atoms with van der Waals surface area (Å²) >= 11 is 0. The lowest BCUT2D eigenvalue weighted by Crippen LogP contribution is -2.52. The van der Waals surface area contributed by atoms with Crippen LogP contribution in [0.4, 0.5) is 0 Å². The van der Waals surface area contributed by atoms with E-state index in [9.17, 15) is 28.8 Å². The SMILES string of the molecule is NC(=O)CC[C@H](NC(=O)Cc1ccccc1)C(=O)O.O=C1CCC(NC(=O)Cc2ccccc2)C(=O)N1. The maximum absolute atomic E-state index is 11.7. The molecule has 1 fully saturated rings. The van der Waals surface area contributed by atoms with Crippen LogP contribution in [0.2, 0.25) is 0 Å². The lowest BCUT2D eigenvalue weighted by molar-refractivity contribution is -0.142. The van der Waals surface area contributed by atoms with Gasteiger partial charge in [-0.15, -0.1) is 0 Å². The summed E-state index contributed by atoms with van der Waals surface area (Å²) in [5.41, 5.74) is 6.63. The fourth-order valence-electron chi connectivity index (χ4n) is 3.43. The zero-order chi connectivity index (χ0) is 27.2. The summed E-state index contributed by atoms with van der Waals surface area (Å²) in [6.07, 6.45) is 0.876. The second kappa shape index (κ2) is 14.8. The van der Waals surface area contributed by atoms with Crippen LogP contribution in [0.25, 0.3) is 0 Å². The monoisotopic (exact) mass is 510 g/mol. The summed E-state index contributed by atoms with van der Waals surface area (Å²) in [6.45, 7) is 0. The Kier molecular flexibility index (Phi) is 11.5. The number of aliphatic carboxylic acids is 1. The van der Waals surface area contributed by atoms with Crippen LogP contribution >= 0.6 is 0 Å². The van der Waals surface area contributed by atoms with E-state index in [1.54, 1.807) is 24.3 Å². The van der Waals surface area contributed by atoms with Crippen molar-refractivity contribution in [2.75, 3.05) is 0 Å². The molecule has 1 unspecified atom stereocenters. The number of rotatable bonds is 10. The van der Waals surface area contributed by atoms with Gasteiger partial charge in [0.2, 0.25) is 29.5 Å². The molecule has 196 valence electrons. The van der Waals surface area contributed by atoms with Crippen LogP contribution < -0.4 is 21.7 Å². The highest BCUT2D eigenvalue weighted by atomic mass is 16.4. The van der Waals surface area contributed by atoms with Crippen LogP contribution in [-0.2, 0) is 41.6 Å². The summed E-state index contributed by atoms with van der Waals surface area (Å²) < 4.78 is 0. The van der Waals surface area contributed by atoms with Crippen LogP contribution in [0, 0.1) is 0 Å². The van der Waals surface area contributed by atoms with E-state index in [0.717, 1.165) is 11.1 Å². The number of imide groups is 1. The molecular formula is C26H30N4O7. The molecule has 11 heteroatoms. The highest BCUT2D eigenvalue weighted by Gasteiger charge is 2.27. The van der Waals surface area contributed by atoms with Crippen molar-refractivity contribution in [1.82, 2.24) is 16.0 Å². The van der Waals surface area contributed by atoms with E-state index < -0.39 is 35.8 Å². The van der Waals surface area contributed by atoms with Crippen molar-refractivity contribution in [2.45, 2.75) is 50.6 Å². The Bertz CT molecular complexity index is 1110. The average molecular weight is 511 g/mol. The third kappa shape index (κ3) is 11.2. The van der Waals surface area contributed by atoms with Crippen LogP contribution in [0.3, 0.4) is 0 Å². The first kappa shape index (κ1) is 28.7. The van der Waals surface area contributed by atoms with E-state index in [4.69, 9.17) is 10.8 Å². The Labute approximate surface area is 213 Å². The van der Waals surface area contributed by atoms with Crippen LogP contribution in [-0.4, -0.2) is 52.7 Å². The van der Waals surface area contributed by atoms with E-state index in [2.05, 4.69) is 16.0 Å². The van der Waals surface area contributed by atoms with Gasteiger partial charge in [0, 0.05) is 12.8 Å². The number of nitrogens with two attached hydrogens (primary N) is 1. The summed E-state index contributed by atoms with van der Waals surface area (Å²) in [7, 11) is 0. The Hall–Kier alpha value is -4.54. The number of nitrogens with one attached hydrogen (secondary N) is 3. The van der Waals surface area contributed by atoms with E-state index in [1.165, 1.54) is 0 Å². The minimum absolute atomic E-state index is 0.00873. The van der Waals surface area contributed by atoms with Gasteiger partial charge in [-0.1, -0.05) is 60.7 Å². The normalized spacial score (nSPS) is 15.3. The molecule has 2 aromatic carbocycles. The molecule has 1 aliphatic rings. The third-order valence-corrected chi connectivity index (χ3v) is 5.30. The van der Waals surface area contributed by atoms with Gasteiger partial charge in [0.1, 0.15) is 12.1 Å². The van der Waals surface area contributed by atoms with Gasteiger partial charge in [0.25, 0.3) is 0 Å². The number of piperidine rings is 1. The van der Waals surface area contributed by atoms with Crippen molar-refractivity contribution in [1.29, 1.82) is 0 Å². The summed E-state index contributed by atoms with van der Waals surface area (Å²) in [5, 5.41) is 16.1.